The van der Waals surface area contributed by atoms with E-state index < -0.39 is 0 Å². The minimum Gasteiger partial charge on any atom is -0.339 e. The maximum absolute atomic E-state index is 4.55. The standard InChI is InChI=1S/C21H25N5/c1-14-10-11-17(15(2)12-14)24-20-25-19(13-22-26-20)23-18-9-7-6-8-16(18)21(3,4)5/h6-13H,1-5H3,(H2,23,24,25,26). The summed E-state index contributed by atoms with van der Waals surface area (Å²) in [4.78, 5) is 4.55. The molecule has 3 aromatic rings. The van der Waals surface area contributed by atoms with Gasteiger partial charge >= 0.3 is 0 Å². The van der Waals surface area contributed by atoms with Gasteiger partial charge in [-0.3, -0.25) is 0 Å². The van der Waals surface area contributed by atoms with Gasteiger partial charge < -0.3 is 10.6 Å². The third-order valence-corrected chi connectivity index (χ3v) is 4.19. The lowest BCUT2D eigenvalue weighted by atomic mass is 9.86. The highest BCUT2D eigenvalue weighted by atomic mass is 15.3. The highest BCUT2D eigenvalue weighted by Crippen LogP contribution is 2.31. The summed E-state index contributed by atoms with van der Waals surface area (Å²) in [7, 11) is 0. The molecule has 5 nitrogen and oxygen atoms in total. The van der Waals surface area contributed by atoms with Crippen LogP contribution in [0.5, 0.6) is 0 Å². The maximum Gasteiger partial charge on any atom is 0.249 e. The van der Waals surface area contributed by atoms with Crippen LogP contribution < -0.4 is 10.6 Å². The van der Waals surface area contributed by atoms with Gasteiger partial charge in [0.15, 0.2) is 5.82 Å². The van der Waals surface area contributed by atoms with Crippen LogP contribution in [-0.2, 0) is 5.41 Å². The van der Waals surface area contributed by atoms with Crippen molar-refractivity contribution >= 4 is 23.1 Å². The van der Waals surface area contributed by atoms with Gasteiger partial charge in [-0.15, -0.1) is 5.10 Å². The number of benzene rings is 2. The quantitative estimate of drug-likeness (QED) is 0.673. The summed E-state index contributed by atoms with van der Waals surface area (Å²) in [5, 5.41) is 14.8. The smallest absolute Gasteiger partial charge is 0.249 e. The lowest BCUT2D eigenvalue weighted by molar-refractivity contribution is 0.592. The van der Waals surface area contributed by atoms with E-state index in [0.717, 1.165) is 16.9 Å². The molecule has 0 radical (unpaired) electrons. The Morgan fingerprint density at radius 2 is 1.65 bits per heavy atom. The largest absolute Gasteiger partial charge is 0.339 e. The minimum absolute atomic E-state index is 0.0319. The van der Waals surface area contributed by atoms with Gasteiger partial charge in [-0.2, -0.15) is 10.1 Å². The van der Waals surface area contributed by atoms with Crippen LogP contribution in [0, 0.1) is 13.8 Å². The minimum atomic E-state index is 0.0319. The predicted molar refractivity (Wildman–Crippen MR) is 107 cm³/mol. The van der Waals surface area contributed by atoms with Gasteiger partial charge in [-0.1, -0.05) is 56.7 Å². The van der Waals surface area contributed by atoms with E-state index in [0.29, 0.717) is 11.8 Å². The van der Waals surface area contributed by atoms with Crippen LogP contribution in [0.4, 0.5) is 23.1 Å². The molecular weight excluding hydrogens is 322 g/mol. The summed E-state index contributed by atoms with van der Waals surface area (Å²) in [5.74, 6) is 1.12. The SMILES string of the molecule is Cc1ccc(Nc2nncc(Nc3ccccc3C(C)(C)C)n2)c(C)c1. The molecule has 0 fully saturated rings. The van der Waals surface area contributed by atoms with Crippen LogP contribution >= 0.6 is 0 Å². The molecule has 0 saturated heterocycles. The number of hydrogen-bond acceptors (Lipinski definition) is 5. The van der Waals surface area contributed by atoms with E-state index in [-0.39, 0.29) is 5.41 Å². The molecule has 1 heterocycles. The van der Waals surface area contributed by atoms with E-state index in [2.05, 4.69) is 90.8 Å². The first kappa shape index (κ1) is 17.9. The molecule has 2 N–H and O–H groups in total. The molecular formula is C21H25N5. The molecule has 26 heavy (non-hydrogen) atoms. The van der Waals surface area contributed by atoms with Crippen molar-refractivity contribution in [1.82, 2.24) is 15.2 Å². The summed E-state index contributed by atoms with van der Waals surface area (Å²) in [6, 6.07) is 14.5. The summed E-state index contributed by atoms with van der Waals surface area (Å²) in [6.07, 6.45) is 1.63. The number of aromatic nitrogens is 3. The summed E-state index contributed by atoms with van der Waals surface area (Å²) < 4.78 is 0. The normalized spacial score (nSPS) is 11.3. The topological polar surface area (TPSA) is 62.7 Å². The van der Waals surface area contributed by atoms with E-state index >= 15 is 0 Å². The van der Waals surface area contributed by atoms with Gasteiger partial charge in [0, 0.05) is 11.4 Å². The molecule has 1 aromatic heterocycles. The van der Waals surface area contributed by atoms with E-state index in [1.165, 1.54) is 11.1 Å². The molecule has 134 valence electrons. The number of rotatable bonds is 4. The van der Waals surface area contributed by atoms with Crippen molar-refractivity contribution in [2.45, 2.75) is 40.0 Å². The van der Waals surface area contributed by atoms with Crippen LogP contribution in [0.15, 0.2) is 48.7 Å². The van der Waals surface area contributed by atoms with E-state index in [1.807, 2.05) is 12.1 Å². The second kappa shape index (κ2) is 7.12. The Morgan fingerprint density at radius 1 is 0.885 bits per heavy atom. The van der Waals surface area contributed by atoms with Crippen LogP contribution in [0.2, 0.25) is 0 Å². The number of aryl methyl sites for hydroxylation is 2. The van der Waals surface area contributed by atoms with Gasteiger partial charge in [0.2, 0.25) is 5.95 Å². The van der Waals surface area contributed by atoms with Gasteiger partial charge in [0.1, 0.15) is 0 Å². The second-order valence-corrected chi connectivity index (χ2v) is 7.53. The molecule has 3 rings (SSSR count). The molecule has 5 heteroatoms. The Balaban J connectivity index is 1.85. The van der Waals surface area contributed by atoms with Crippen molar-refractivity contribution in [1.29, 1.82) is 0 Å². The number of nitrogens with one attached hydrogen (secondary N) is 2. The van der Waals surface area contributed by atoms with Crippen LogP contribution in [0.25, 0.3) is 0 Å². The Morgan fingerprint density at radius 3 is 2.38 bits per heavy atom. The lowest BCUT2D eigenvalue weighted by Gasteiger charge is -2.23. The predicted octanol–water partition coefficient (Wildman–Crippen LogP) is 5.27. The zero-order valence-corrected chi connectivity index (χ0v) is 16.0. The average molecular weight is 347 g/mol. The molecule has 0 aliphatic carbocycles. The Labute approximate surface area is 154 Å². The van der Waals surface area contributed by atoms with Gasteiger partial charge in [0.05, 0.1) is 6.20 Å². The highest BCUT2D eigenvalue weighted by Gasteiger charge is 2.17. The first-order chi connectivity index (χ1) is 12.3. The molecule has 0 bridgehead atoms. The zero-order valence-electron chi connectivity index (χ0n) is 16.0. The van der Waals surface area contributed by atoms with Gasteiger partial charge in [-0.05, 0) is 42.5 Å². The number of nitrogens with zero attached hydrogens (tertiary/aromatic N) is 3. The zero-order chi connectivity index (χ0) is 18.7. The van der Waals surface area contributed by atoms with Crippen LogP contribution in [0.3, 0.4) is 0 Å². The number of hydrogen-bond donors (Lipinski definition) is 2. The Kier molecular flexibility index (Phi) is 4.89. The first-order valence-corrected chi connectivity index (χ1v) is 8.73. The van der Waals surface area contributed by atoms with Crippen LogP contribution in [-0.4, -0.2) is 15.2 Å². The number of anilines is 4. The van der Waals surface area contributed by atoms with Crippen molar-refractivity contribution in [3.63, 3.8) is 0 Å². The highest BCUT2D eigenvalue weighted by molar-refractivity contribution is 5.64. The van der Waals surface area contributed by atoms with Crippen molar-refractivity contribution in [3.8, 4) is 0 Å². The third-order valence-electron chi connectivity index (χ3n) is 4.19. The fourth-order valence-electron chi connectivity index (χ4n) is 2.88. The maximum atomic E-state index is 4.55. The first-order valence-electron chi connectivity index (χ1n) is 8.73. The molecule has 0 saturated carbocycles. The molecule has 0 amide bonds. The van der Waals surface area contributed by atoms with Gasteiger partial charge in [0.25, 0.3) is 0 Å². The molecule has 0 aliphatic rings. The Bertz CT molecular complexity index is 912. The Hall–Kier alpha value is -2.95. The van der Waals surface area contributed by atoms with Crippen molar-refractivity contribution in [3.05, 3.63) is 65.4 Å². The molecule has 0 aliphatic heterocycles. The van der Waals surface area contributed by atoms with Crippen molar-refractivity contribution in [2.24, 2.45) is 0 Å². The second-order valence-electron chi connectivity index (χ2n) is 7.53. The summed E-state index contributed by atoms with van der Waals surface area (Å²) >= 11 is 0. The van der Waals surface area contributed by atoms with Crippen molar-refractivity contribution < 1.29 is 0 Å². The fraction of sp³-hybridized carbons (Fsp3) is 0.286. The molecule has 2 aromatic carbocycles. The van der Waals surface area contributed by atoms with Crippen LogP contribution in [0.1, 0.15) is 37.5 Å². The molecule has 0 atom stereocenters. The van der Waals surface area contributed by atoms with Gasteiger partial charge in [-0.25, -0.2) is 0 Å². The lowest BCUT2D eigenvalue weighted by Crippen LogP contribution is -2.14. The summed E-state index contributed by atoms with van der Waals surface area (Å²) in [5.41, 5.74) is 5.63. The van der Waals surface area contributed by atoms with Crippen molar-refractivity contribution in [2.75, 3.05) is 10.6 Å². The number of para-hydroxylation sites is 1. The van der Waals surface area contributed by atoms with E-state index in [4.69, 9.17) is 0 Å². The average Bonchev–Trinajstić information content (AvgIpc) is 2.57. The monoisotopic (exact) mass is 347 g/mol. The fourth-order valence-corrected chi connectivity index (χ4v) is 2.88. The van der Waals surface area contributed by atoms with E-state index in [9.17, 15) is 0 Å². The molecule has 0 spiro atoms. The van der Waals surface area contributed by atoms with E-state index in [1.54, 1.807) is 6.20 Å². The summed E-state index contributed by atoms with van der Waals surface area (Å²) in [6.45, 7) is 10.7. The molecule has 0 unspecified atom stereocenters. The third kappa shape index (κ3) is 4.17.